The standard InChI is InChI=1S/C26H34N2O5/c1-18-9-11-22(13-19(18)2)32-17-26(30)28(21-7-5-4-6-8-21)15-20-10-12-23(24(14-20)31-3)33-16-25(27)29/h9-14,21H,4-8,15-17H2,1-3H3,(H2,27,29). The molecular weight excluding hydrogens is 420 g/mol. The molecule has 7 nitrogen and oxygen atoms in total. The van der Waals surface area contributed by atoms with E-state index >= 15 is 0 Å². The summed E-state index contributed by atoms with van der Waals surface area (Å²) in [6.45, 7) is 4.30. The van der Waals surface area contributed by atoms with Crippen molar-refractivity contribution in [1.82, 2.24) is 4.90 Å². The molecule has 33 heavy (non-hydrogen) atoms. The van der Waals surface area contributed by atoms with E-state index in [1.807, 2.05) is 49.1 Å². The highest BCUT2D eigenvalue weighted by Crippen LogP contribution is 2.30. The summed E-state index contributed by atoms with van der Waals surface area (Å²) in [6.07, 6.45) is 5.43. The molecule has 0 bridgehead atoms. The predicted octanol–water partition coefficient (Wildman–Crippen LogP) is 3.92. The van der Waals surface area contributed by atoms with Crippen LogP contribution in [0, 0.1) is 13.8 Å². The summed E-state index contributed by atoms with van der Waals surface area (Å²) >= 11 is 0. The van der Waals surface area contributed by atoms with Crippen LogP contribution in [-0.4, -0.2) is 43.1 Å². The van der Waals surface area contributed by atoms with Crippen LogP contribution in [-0.2, 0) is 16.1 Å². The molecule has 0 aromatic heterocycles. The summed E-state index contributed by atoms with van der Waals surface area (Å²) in [5.41, 5.74) is 8.41. The average Bonchev–Trinajstić information content (AvgIpc) is 2.82. The van der Waals surface area contributed by atoms with Gasteiger partial charge in [0.1, 0.15) is 5.75 Å². The highest BCUT2D eigenvalue weighted by molar-refractivity contribution is 5.78. The molecule has 1 aliphatic rings. The minimum atomic E-state index is -0.557. The van der Waals surface area contributed by atoms with Crippen LogP contribution in [0.2, 0.25) is 0 Å². The molecule has 2 amide bonds. The van der Waals surface area contributed by atoms with Gasteiger partial charge < -0.3 is 24.8 Å². The normalized spacial score (nSPS) is 13.9. The number of hydrogen-bond acceptors (Lipinski definition) is 5. The third kappa shape index (κ3) is 6.88. The van der Waals surface area contributed by atoms with E-state index in [9.17, 15) is 9.59 Å². The van der Waals surface area contributed by atoms with Crippen LogP contribution in [0.1, 0.15) is 48.8 Å². The smallest absolute Gasteiger partial charge is 0.261 e. The number of rotatable bonds is 10. The molecule has 7 heteroatoms. The number of ether oxygens (including phenoxy) is 3. The number of aryl methyl sites for hydroxylation is 2. The van der Waals surface area contributed by atoms with E-state index < -0.39 is 5.91 Å². The van der Waals surface area contributed by atoms with Gasteiger partial charge in [-0.15, -0.1) is 0 Å². The Kier molecular flexibility index (Phi) is 8.58. The zero-order valence-electron chi connectivity index (χ0n) is 19.8. The highest BCUT2D eigenvalue weighted by atomic mass is 16.5. The largest absolute Gasteiger partial charge is 0.493 e. The third-order valence-corrected chi connectivity index (χ3v) is 6.13. The van der Waals surface area contributed by atoms with Crippen LogP contribution in [0.3, 0.4) is 0 Å². The zero-order chi connectivity index (χ0) is 23.8. The van der Waals surface area contributed by atoms with Crippen molar-refractivity contribution < 1.29 is 23.8 Å². The van der Waals surface area contributed by atoms with Crippen molar-refractivity contribution in [1.29, 1.82) is 0 Å². The van der Waals surface area contributed by atoms with Gasteiger partial charge >= 0.3 is 0 Å². The van der Waals surface area contributed by atoms with Crippen molar-refractivity contribution in [2.45, 2.75) is 58.5 Å². The van der Waals surface area contributed by atoms with Crippen molar-refractivity contribution in [2.24, 2.45) is 5.73 Å². The molecule has 0 spiro atoms. The lowest BCUT2D eigenvalue weighted by Gasteiger charge is -2.34. The second-order valence-corrected chi connectivity index (χ2v) is 8.59. The minimum absolute atomic E-state index is 0.00403. The summed E-state index contributed by atoms with van der Waals surface area (Å²) in [4.78, 5) is 26.2. The Morgan fingerprint density at radius 2 is 1.70 bits per heavy atom. The zero-order valence-corrected chi connectivity index (χ0v) is 19.8. The summed E-state index contributed by atoms with van der Waals surface area (Å²) in [6, 6.07) is 11.5. The average molecular weight is 455 g/mol. The molecule has 1 aliphatic carbocycles. The Bertz CT molecular complexity index is 969. The first-order valence-corrected chi connectivity index (χ1v) is 11.4. The second-order valence-electron chi connectivity index (χ2n) is 8.59. The third-order valence-electron chi connectivity index (χ3n) is 6.13. The number of methoxy groups -OCH3 is 1. The molecule has 1 fully saturated rings. The topological polar surface area (TPSA) is 91.1 Å². The van der Waals surface area contributed by atoms with Crippen LogP contribution >= 0.6 is 0 Å². The van der Waals surface area contributed by atoms with E-state index in [-0.39, 0.29) is 25.2 Å². The number of primary amides is 1. The first kappa shape index (κ1) is 24.4. The lowest BCUT2D eigenvalue weighted by molar-refractivity contribution is -0.137. The number of hydrogen-bond donors (Lipinski definition) is 1. The van der Waals surface area contributed by atoms with E-state index in [1.165, 1.54) is 19.1 Å². The van der Waals surface area contributed by atoms with Crippen LogP contribution < -0.4 is 19.9 Å². The molecule has 0 unspecified atom stereocenters. The van der Waals surface area contributed by atoms with Gasteiger partial charge in [-0.05, 0) is 67.6 Å². The van der Waals surface area contributed by atoms with Gasteiger partial charge in [-0.1, -0.05) is 31.4 Å². The van der Waals surface area contributed by atoms with Gasteiger partial charge in [0.05, 0.1) is 7.11 Å². The van der Waals surface area contributed by atoms with E-state index in [4.69, 9.17) is 19.9 Å². The SMILES string of the molecule is COc1cc(CN(C(=O)COc2ccc(C)c(C)c2)C2CCCCC2)ccc1OCC(N)=O. The number of carbonyl (C=O) groups is 2. The van der Waals surface area contributed by atoms with Gasteiger partial charge in [-0.25, -0.2) is 0 Å². The summed E-state index contributed by atoms with van der Waals surface area (Å²) < 4.78 is 16.7. The lowest BCUT2D eigenvalue weighted by Crippen LogP contribution is -2.43. The molecule has 2 N–H and O–H groups in total. The number of nitrogens with zero attached hydrogens (tertiary/aromatic N) is 1. The van der Waals surface area contributed by atoms with Gasteiger partial charge in [0.25, 0.3) is 11.8 Å². The van der Waals surface area contributed by atoms with E-state index in [0.717, 1.165) is 36.8 Å². The molecule has 0 heterocycles. The predicted molar refractivity (Wildman–Crippen MR) is 127 cm³/mol. The van der Waals surface area contributed by atoms with Crippen molar-refractivity contribution in [3.63, 3.8) is 0 Å². The van der Waals surface area contributed by atoms with Crippen LogP contribution in [0.5, 0.6) is 17.2 Å². The Hall–Kier alpha value is -3.22. The highest BCUT2D eigenvalue weighted by Gasteiger charge is 2.26. The molecule has 0 atom stereocenters. The molecule has 2 aromatic rings. The van der Waals surface area contributed by atoms with Crippen molar-refractivity contribution in [3.05, 3.63) is 53.1 Å². The van der Waals surface area contributed by atoms with Gasteiger partial charge in [0.15, 0.2) is 24.7 Å². The fraction of sp³-hybridized carbons (Fsp3) is 0.462. The molecular formula is C26H34N2O5. The fourth-order valence-corrected chi connectivity index (χ4v) is 4.12. The van der Waals surface area contributed by atoms with Crippen molar-refractivity contribution >= 4 is 11.8 Å². The Morgan fingerprint density at radius 3 is 2.36 bits per heavy atom. The number of amides is 2. The fourth-order valence-electron chi connectivity index (χ4n) is 4.12. The van der Waals surface area contributed by atoms with Gasteiger partial charge in [-0.2, -0.15) is 0 Å². The maximum absolute atomic E-state index is 13.3. The first-order valence-electron chi connectivity index (χ1n) is 11.4. The van der Waals surface area contributed by atoms with Crippen LogP contribution in [0.4, 0.5) is 0 Å². The Morgan fingerprint density at radius 1 is 0.939 bits per heavy atom. The maximum Gasteiger partial charge on any atom is 0.261 e. The minimum Gasteiger partial charge on any atom is -0.493 e. The first-order chi connectivity index (χ1) is 15.9. The monoisotopic (exact) mass is 454 g/mol. The molecule has 2 aromatic carbocycles. The van der Waals surface area contributed by atoms with E-state index in [1.54, 1.807) is 6.07 Å². The quantitative estimate of drug-likeness (QED) is 0.588. The molecule has 0 saturated heterocycles. The summed E-state index contributed by atoms with van der Waals surface area (Å²) in [7, 11) is 1.54. The maximum atomic E-state index is 13.3. The van der Waals surface area contributed by atoms with Crippen molar-refractivity contribution in [3.8, 4) is 17.2 Å². The second kappa shape index (κ2) is 11.6. The van der Waals surface area contributed by atoms with Gasteiger partial charge in [-0.3, -0.25) is 9.59 Å². The summed E-state index contributed by atoms with van der Waals surface area (Å²) in [5, 5.41) is 0. The molecule has 178 valence electrons. The molecule has 3 rings (SSSR count). The van der Waals surface area contributed by atoms with E-state index in [2.05, 4.69) is 0 Å². The van der Waals surface area contributed by atoms with Crippen LogP contribution in [0.25, 0.3) is 0 Å². The van der Waals surface area contributed by atoms with Crippen molar-refractivity contribution in [2.75, 3.05) is 20.3 Å². The number of benzene rings is 2. The lowest BCUT2D eigenvalue weighted by atomic mass is 9.93. The number of nitrogens with two attached hydrogens (primary N) is 1. The number of carbonyl (C=O) groups excluding carboxylic acids is 2. The van der Waals surface area contributed by atoms with Gasteiger partial charge in [0, 0.05) is 12.6 Å². The van der Waals surface area contributed by atoms with Gasteiger partial charge in [0.2, 0.25) is 0 Å². The molecule has 0 aliphatic heterocycles. The van der Waals surface area contributed by atoms with Crippen LogP contribution in [0.15, 0.2) is 36.4 Å². The molecule has 1 saturated carbocycles. The Balaban J connectivity index is 1.73. The van der Waals surface area contributed by atoms with E-state index in [0.29, 0.717) is 23.8 Å². The Labute approximate surface area is 195 Å². The summed E-state index contributed by atoms with van der Waals surface area (Å²) in [5.74, 6) is 1.05. The molecule has 0 radical (unpaired) electrons.